The number of para-hydroxylation sites is 1. The minimum absolute atomic E-state index is 0.120. The van der Waals surface area contributed by atoms with Crippen molar-refractivity contribution in [3.63, 3.8) is 0 Å². The van der Waals surface area contributed by atoms with Gasteiger partial charge >= 0.3 is 0 Å². The molecule has 106 valence electrons. The lowest BCUT2D eigenvalue weighted by Gasteiger charge is -2.05. The molecule has 0 fully saturated rings. The Bertz CT molecular complexity index is 594. The van der Waals surface area contributed by atoms with E-state index in [0.29, 0.717) is 12.1 Å². The maximum atomic E-state index is 11.0. The lowest BCUT2D eigenvalue weighted by molar-refractivity contribution is -0.385. The van der Waals surface area contributed by atoms with Crippen LogP contribution >= 0.6 is 0 Å². The number of nitro groups is 1. The summed E-state index contributed by atoms with van der Waals surface area (Å²) in [6.07, 6.45) is 5.35. The van der Waals surface area contributed by atoms with Crippen molar-refractivity contribution in [2.24, 2.45) is 5.73 Å². The van der Waals surface area contributed by atoms with Crippen LogP contribution in [0.1, 0.15) is 24.5 Å². The number of nitro benzene ring substituents is 1. The Hall–Kier alpha value is -2.21. The molecule has 1 unspecified atom stereocenters. The second kappa shape index (κ2) is 6.29. The zero-order valence-electron chi connectivity index (χ0n) is 11.4. The Morgan fingerprint density at radius 3 is 2.90 bits per heavy atom. The molecule has 2 aromatic rings. The molecule has 0 saturated carbocycles. The van der Waals surface area contributed by atoms with Gasteiger partial charge in [-0.3, -0.25) is 14.8 Å². The van der Waals surface area contributed by atoms with E-state index in [4.69, 9.17) is 5.73 Å². The molecular weight excluding hydrogens is 256 g/mol. The molecule has 2 N–H and O–H groups in total. The minimum Gasteiger partial charge on any atom is -0.327 e. The topological polar surface area (TPSA) is 87.0 Å². The molecule has 1 aromatic carbocycles. The van der Waals surface area contributed by atoms with Crippen molar-refractivity contribution in [3.05, 3.63) is 57.9 Å². The third-order valence-corrected chi connectivity index (χ3v) is 3.23. The fourth-order valence-electron chi connectivity index (χ4n) is 2.04. The van der Waals surface area contributed by atoms with Gasteiger partial charge < -0.3 is 5.73 Å². The van der Waals surface area contributed by atoms with Crippen LogP contribution in [0, 0.1) is 10.1 Å². The molecule has 1 aromatic heterocycles. The first-order valence-electron chi connectivity index (χ1n) is 6.59. The molecule has 1 atom stereocenters. The van der Waals surface area contributed by atoms with Crippen LogP contribution in [0.5, 0.6) is 0 Å². The quantitative estimate of drug-likeness (QED) is 0.645. The smallest absolute Gasteiger partial charge is 0.274 e. The second-order valence-electron chi connectivity index (χ2n) is 4.80. The predicted octanol–water partition coefficient (Wildman–Crippen LogP) is 2.12. The molecule has 20 heavy (non-hydrogen) atoms. The average Bonchev–Trinajstić information content (AvgIpc) is 2.86. The Balaban J connectivity index is 2.13. The molecule has 0 spiro atoms. The van der Waals surface area contributed by atoms with Gasteiger partial charge in [-0.1, -0.05) is 25.1 Å². The fraction of sp³-hybridized carbons (Fsp3) is 0.357. The molecule has 0 bridgehead atoms. The van der Waals surface area contributed by atoms with E-state index >= 15 is 0 Å². The van der Waals surface area contributed by atoms with Crippen LogP contribution in [0.15, 0.2) is 36.7 Å². The van der Waals surface area contributed by atoms with E-state index in [1.54, 1.807) is 29.1 Å². The van der Waals surface area contributed by atoms with Gasteiger partial charge in [0.25, 0.3) is 5.69 Å². The van der Waals surface area contributed by atoms with Crippen molar-refractivity contribution in [2.75, 3.05) is 0 Å². The molecule has 0 aliphatic carbocycles. The Labute approximate surface area is 117 Å². The van der Waals surface area contributed by atoms with E-state index in [9.17, 15) is 10.1 Å². The maximum absolute atomic E-state index is 11.0. The van der Waals surface area contributed by atoms with Crippen LogP contribution in [-0.4, -0.2) is 20.7 Å². The van der Waals surface area contributed by atoms with Gasteiger partial charge in [-0.15, -0.1) is 0 Å². The van der Waals surface area contributed by atoms with Gasteiger partial charge in [0.2, 0.25) is 0 Å². The second-order valence-corrected chi connectivity index (χ2v) is 4.80. The molecule has 0 aliphatic rings. The summed E-state index contributed by atoms with van der Waals surface area (Å²) < 4.78 is 1.71. The van der Waals surface area contributed by atoms with Crippen molar-refractivity contribution in [3.8, 4) is 0 Å². The summed E-state index contributed by atoms with van der Waals surface area (Å²) in [6.45, 7) is 2.43. The Morgan fingerprint density at radius 1 is 1.45 bits per heavy atom. The Kier molecular flexibility index (Phi) is 4.47. The first kappa shape index (κ1) is 14.2. The number of hydrogen-bond acceptors (Lipinski definition) is 4. The van der Waals surface area contributed by atoms with Crippen LogP contribution in [0.25, 0.3) is 0 Å². The summed E-state index contributed by atoms with van der Waals surface area (Å²) in [4.78, 5) is 10.6. The van der Waals surface area contributed by atoms with Crippen molar-refractivity contribution in [2.45, 2.75) is 32.4 Å². The Morgan fingerprint density at radius 2 is 2.20 bits per heavy atom. The van der Waals surface area contributed by atoms with Crippen molar-refractivity contribution >= 4 is 5.69 Å². The molecule has 0 amide bonds. The first-order valence-corrected chi connectivity index (χ1v) is 6.59. The largest absolute Gasteiger partial charge is 0.327 e. The molecule has 1 heterocycles. The van der Waals surface area contributed by atoms with Crippen LogP contribution in [0.3, 0.4) is 0 Å². The van der Waals surface area contributed by atoms with Gasteiger partial charge in [0.05, 0.1) is 23.2 Å². The van der Waals surface area contributed by atoms with Crippen LogP contribution in [-0.2, 0) is 13.0 Å². The van der Waals surface area contributed by atoms with E-state index in [1.165, 1.54) is 6.07 Å². The summed E-state index contributed by atoms with van der Waals surface area (Å²) in [5.74, 6) is 0. The standard InChI is InChI=1S/C14H18N4O2/c1-2-13(15)7-11-8-16-17(9-11)10-12-5-3-4-6-14(12)18(19)20/h3-6,8-9,13H,2,7,10,15H2,1H3. The number of hydrogen-bond donors (Lipinski definition) is 1. The molecule has 0 radical (unpaired) electrons. The number of rotatable bonds is 6. The predicted molar refractivity (Wildman–Crippen MR) is 76.4 cm³/mol. The van der Waals surface area contributed by atoms with Gasteiger partial charge in [-0.05, 0) is 18.4 Å². The van der Waals surface area contributed by atoms with Crippen LogP contribution in [0.2, 0.25) is 0 Å². The molecule has 0 aliphatic heterocycles. The highest BCUT2D eigenvalue weighted by Gasteiger charge is 2.13. The van der Waals surface area contributed by atoms with E-state index in [2.05, 4.69) is 5.10 Å². The summed E-state index contributed by atoms with van der Waals surface area (Å²) in [5.41, 5.74) is 7.72. The van der Waals surface area contributed by atoms with Gasteiger partial charge in [-0.2, -0.15) is 5.10 Å². The molecule has 6 nitrogen and oxygen atoms in total. The molecule has 0 saturated heterocycles. The monoisotopic (exact) mass is 274 g/mol. The number of nitrogens with zero attached hydrogens (tertiary/aromatic N) is 3. The normalized spacial score (nSPS) is 12.3. The number of aromatic nitrogens is 2. The highest BCUT2D eigenvalue weighted by molar-refractivity contribution is 5.39. The van der Waals surface area contributed by atoms with Gasteiger partial charge in [-0.25, -0.2) is 0 Å². The highest BCUT2D eigenvalue weighted by atomic mass is 16.6. The van der Waals surface area contributed by atoms with E-state index in [1.807, 2.05) is 13.1 Å². The minimum atomic E-state index is -0.368. The lowest BCUT2D eigenvalue weighted by Crippen LogP contribution is -2.21. The third kappa shape index (κ3) is 3.42. The molecule has 6 heteroatoms. The van der Waals surface area contributed by atoms with Gasteiger partial charge in [0.1, 0.15) is 0 Å². The zero-order valence-corrected chi connectivity index (χ0v) is 11.4. The SMILES string of the molecule is CCC(N)Cc1cnn(Cc2ccccc2[N+](=O)[O-])c1. The highest BCUT2D eigenvalue weighted by Crippen LogP contribution is 2.18. The van der Waals surface area contributed by atoms with Crippen molar-refractivity contribution in [1.82, 2.24) is 9.78 Å². The van der Waals surface area contributed by atoms with E-state index in [-0.39, 0.29) is 16.7 Å². The third-order valence-electron chi connectivity index (χ3n) is 3.23. The van der Waals surface area contributed by atoms with Crippen LogP contribution in [0.4, 0.5) is 5.69 Å². The van der Waals surface area contributed by atoms with Crippen LogP contribution < -0.4 is 5.73 Å². The van der Waals surface area contributed by atoms with E-state index in [0.717, 1.165) is 18.4 Å². The van der Waals surface area contributed by atoms with Gasteiger partial charge in [0, 0.05) is 18.3 Å². The van der Waals surface area contributed by atoms with Crippen molar-refractivity contribution in [1.29, 1.82) is 0 Å². The first-order chi connectivity index (χ1) is 9.60. The summed E-state index contributed by atoms with van der Waals surface area (Å²) in [7, 11) is 0. The molecule has 2 rings (SSSR count). The average molecular weight is 274 g/mol. The lowest BCUT2D eigenvalue weighted by atomic mass is 10.1. The zero-order chi connectivity index (χ0) is 14.5. The number of benzene rings is 1. The summed E-state index contributed by atoms with van der Waals surface area (Å²) in [6, 6.07) is 6.83. The number of nitrogens with two attached hydrogens (primary N) is 1. The van der Waals surface area contributed by atoms with E-state index < -0.39 is 0 Å². The fourth-order valence-corrected chi connectivity index (χ4v) is 2.04. The summed E-state index contributed by atoms with van der Waals surface area (Å²) in [5, 5.41) is 15.2. The summed E-state index contributed by atoms with van der Waals surface area (Å²) >= 11 is 0. The molecular formula is C14H18N4O2. The maximum Gasteiger partial charge on any atom is 0.274 e. The van der Waals surface area contributed by atoms with Gasteiger partial charge in [0.15, 0.2) is 0 Å². The van der Waals surface area contributed by atoms with Crippen molar-refractivity contribution < 1.29 is 4.92 Å².